The smallest absolute Gasteiger partial charge is 0.333 e. The van der Waals surface area contributed by atoms with E-state index >= 15 is 0 Å². The minimum absolute atomic E-state index is 0.0738. The fourth-order valence-electron chi connectivity index (χ4n) is 5.58. The summed E-state index contributed by atoms with van der Waals surface area (Å²) in [5.41, 5.74) is 0.618. The van der Waals surface area contributed by atoms with Gasteiger partial charge >= 0.3 is 5.97 Å². The number of hydrogen-bond donors (Lipinski definition) is 0. The van der Waals surface area contributed by atoms with Gasteiger partial charge in [-0.1, -0.05) is 67.9 Å². The van der Waals surface area contributed by atoms with Crippen LogP contribution in [0.15, 0.2) is 11.6 Å². The number of cyclic esters (lactones) is 1. The highest BCUT2D eigenvalue weighted by atomic mass is 28.4. The van der Waals surface area contributed by atoms with Gasteiger partial charge < -0.3 is 18.4 Å². The zero-order chi connectivity index (χ0) is 29.2. The van der Waals surface area contributed by atoms with Crippen molar-refractivity contribution < 1.29 is 23.2 Å². The molecule has 2 aliphatic rings. The predicted octanol–water partition coefficient (Wildman–Crippen LogP) is 8.31. The molecule has 0 aromatic carbocycles. The van der Waals surface area contributed by atoms with Crippen molar-refractivity contribution in [3.63, 3.8) is 0 Å². The van der Waals surface area contributed by atoms with Crippen molar-refractivity contribution in [2.75, 3.05) is 19.8 Å². The quantitative estimate of drug-likeness (QED) is 0.143. The van der Waals surface area contributed by atoms with Gasteiger partial charge in [0.25, 0.3) is 0 Å². The van der Waals surface area contributed by atoms with Crippen molar-refractivity contribution in [2.24, 2.45) is 22.7 Å². The fraction of sp³-hybridized carbons (Fsp3) is 0.871. The summed E-state index contributed by atoms with van der Waals surface area (Å²) in [5.74, 6) is 0.126. The number of hydrogen-bond acceptors (Lipinski definition) is 5. The molecule has 5 nitrogen and oxygen atoms in total. The Labute approximate surface area is 236 Å². The van der Waals surface area contributed by atoms with Crippen LogP contribution in [-0.4, -0.2) is 48.7 Å². The average Bonchev–Trinajstić information content (AvgIpc) is 2.74. The van der Waals surface area contributed by atoms with Gasteiger partial charge in [0, 0.05) is 30.6 Å². The molecular formula is C31H58O5Si2. The van der Waals surface area contributed by atoms with Crippen molar-refractivity contribution >= 4 is 28.9 Å². The Balaban J connectivity index is 2.28. The third-order valence-electron chi connectivity index (χ3n) is 10.4. The Hall–Kier alpha value is -0.766. The average molecular weight is 567 g/mol. The molecule has 3 atom stereocenters. The lowest BCUT2D eigenvalue weighted by Gasteiger charge is -2.53. The third kappa shape index (κ3) is 7.91. The Kier molecular flexibility index (Phi) is 10.6. The van der Waals surface area contributed by atoms with Gasteiger partial charge in [0.1, 0.15) is 12.9 Å². The molecule has 2 rings (SSSR count). The summed E-state index contributed by atoms with van der Waals surface area (Å²) in [6.45, 7) is 29.1. The number of carbonyl (C=O) groups is 2. The topological polar surface area (TPSA) is 61.8 Å². The number of rotatable bonds is 11. The number of carbonyl (C=O) groups excluding carboxylic acids is 2. The first-order chi connectivity index (χ1) is 17.2. The predicted molar refractivity (Wildman–Crippen MR) is 162 cm³/mol. The van der Waals surface area contributed by atoms with Crippen LogP contribution in [-0.2, 0) is 23.2 Å². The molecule has 1 aliphatic heterocycles. The molecule has 0 bridgehead atoms. The van der Waals surface area contributed by atoms with Crippen LogP contribution in [0, 0.1) is 22.7 Å². The van der Waals surface area contributed by atoms with Crippen LogP contribution in [0.3, 0.4) is 0 Å². The van der Waals surface area contributed by atoms with Gasteiger partial charge in [-0.15, -0.1) is 0 Å². The van der Waals surface area contributed by atoms with Crippen molar-refractivity contribution in [1.29, 1.82) is 0 Å². The van der Waals surface area contributed by atoms with Crippen LogP contribution in [0.5, 0.6) is 0 Å². The van der Waals surface area contributed by atoms with Crippen LogP contribution < -0.4 is 0 Å². The first-order valence-corrected chi connectivity index (χ1v) is 20.6. The monoisotopic (exact) mass is 566 g/mol. The van der Waals surface area contributed by atoms with Crippen LogP contribution in [0.4, 0.5) is 0 Å². The van der Waals surface area contributed by atoms with E-state index in [-0.39, 0.29) is 38.7 Å². The first-order valence-electron chi connectivity index (χ1n) is 14.8. The Morgan fingerprint density at radius 3 is 2.16 bits per heavy atom. The summed E-state index contributed by atoms with van der Waals surface area (Å²) in [6.07, 6.45) is 8.28. The minimum Gasteiger partial charge on any atom is -0.461 e. The molecule has 0 amide bonds. The lowest BCUT2D eigenvalue weighted by Crippen LogP contribution is -2.52. The van der Waals surface area contributed by atoms with E-state index in [0.29, 0.717) is 32.7 Å². The molecule has 7 heteroatoms. The highest BCUT2D eigenvalue weighted by Crippen LogP contribution is 2.55. The number of ether oxygens (including phenoxy) is 1. The maximum Gasteiger partial charge on any atom is 0.333 e. The van der Waals surface area contributed by atoms with E-state index in [1.54, 1.807) is 0 Å². The second-order valence-corrected chi connectivity index (χ2v) is 25.4. The summed E-state index contributed by atoms with van der Waals surface area (Å²) in [7, 11) is -3.78. The zero-order valence-electron chi connectivity index (χ0n) is 26.7. The van der Waals surface area contributed by atoms with Crippen molar-refractivity contribution in [3.8, 4) is 0 Å². The second-order valence-electron chi connectivity index (χ2n) is 15.8. The van der Waals surface area contributed by atoms with Crippen LogP contribution >= 0.6 is 0 Å². The number of aldehydes is 1. The van der Waals surface area contributed by atoms with E-state index in [2.05, 4.69) is 87.7 Å². The molecule has 220 valence electrons. The maximum absolute atomic E-state index is 13.0. The lowest BCUT2D eigenvalue weighted by molar-refractivity contribution is -0.150. The molecule has 0 aromatic heterocycles. The summed E-state index contributed by atoms with van der Waals surface area (Å²) in [5, 5.41) is 0.290. The molecular weight excluding hydrogens is 509 g/mol. The second kappa shape index (κ2) is 12.0. The molecule has 1 aliphatic carbocycles. The molecule has 1 fully saturated rings. The molecule has 0 N–H and O–H groups in total. The van der Waals surface area contributed by atoms with Crippen molar-refractivity contribution in [2.45, 2.75) is 130 Å². The van der Waals surface area contributed by atoms with Gasteiger partial charge in [-0.05, 0) is 79.2 Å². The highest BCUT2D eigenvalue weighted by molar-refractivity contribution is 6.74. The van der Waals surface area contributed by atoms with Gasteiger partial charge in [-0.3, -0.25) is 0 Å². The summed E-state index contributed by atoms with van der Waals surface area (Å²) >= 11 is 0. The van der Waals surface area contributed by atoms with Crippen LogP contribution in [0.25, 0.3) is 0 Å². The van der Waals surface area contributed by atoms with Crippen molar-refractivity contribution in [3.05, 3.63) is 11.6 Å². The minimum atomic E-state index is -1.92. The van der Waals surface area contributed by atoms with Gasteiger partial charge in [-0.25, -0.2) is 4.79 Å². The Morgan fingerprint density at radius 1 is 1.03 bits per heavy atom. The van der Waals surface area contributed by atoms with Gasteiger partial charge in [0.05, 0.1) is 0 Å². The zero-order valence-corrected chi connectivity index (χ0v) is 28.7. The Morgan fingerprint density at radius 2 is 1.61 bits per heavy atom. The normalized spacial score (nSPS) is 25.6. The van der Waals surface area contributed by atoms with E-state index in [1.165, 1.54) is 0 Å². The maximum atomic E-state index is 13.0. The molecule has 1 saturated carbocycles. The van der Waals surface area contributed by atoms with Gasteiger partial charge in [0.15, 0.2) is 16.6 Å². The van der Waals surface area contributed by atoms with E-state index in [4.69, 9.17) is 13.6 Å². The van der Waals surface area contributed by atoms with Crippen molar-refractivity contribution in [1.82, 2.24) is 0 Å². The highest BCUT2D eigenvalue weighted by Gasteiger charge is 2.52. The fourth-order valence-corrected chi connectivity index (χ4v) is 7.65. The summed E-state index contributed by atoms with van der Waals surface area (Å²) < 4.78 is 19.1. The van der Waals surface area contributed by atoms with Crippen LogP contribution in [0.1, 0.15) is 93.9 Å². The SMILES string of the molecule is CC1(C)CCCC2(C=C(C[C@@H](CC=O)CCO[Si](C)(C)C(C)(C)C)C(=O)OC2)C1CO[Si](C)(C)C(C)(C)C. The molecule has 2 unspecified atom stereocenters. The van der Waals surface area contributed by atoms with E-state index in [1.807, 2.05) is 0 Å². The molecule has 0 radical (unpaired) electrons. The lowest BCUT2D eigenvalue weighted by atomic mass is 9.55. The Bertz CT molecular complexity index is 862. The summed E-state index contributed by atoms with van der Waals surface area (Å²) in [4.78, 5) is 24.6. The molecule has 1 heterocycles. The van der Waals surface area contributed by atoms with Gasteiger partial charge in [-0.2, -0.15) is 0 Å². The summed E-state index contributed by atoms with van der Waals surface area (Å²) in [6, 6.07) is 0. The molecule has 0 aromatic rings. The standard InChI is InChI=1S/C31H58O5Si2/c1-28(2,3)37(9,10)35-19-15-24(14-18-32)20-25-21-31(23-34-27(25)33)17-13-16-30(7,8)26(31)22-36-38(11,12)29(4,5)6/h18,21,24,26H,13-17,19-20,22-23H2,1-12H3/t24-,26?,31?/m0/s1. The van der Waals surface area contributed by atoms with E-state index < -0.39 is 16.6 Å². The van der Waals surface area contributed by atoms with Crippen LogP contribution in [0.2, 0.25) is 36.3 Å². The van der Waals surface area contributed by atoms with E-state index in [0.717, 1.165) is 37.5 Å². The van der Waals surface area contributed by atoms with E-state index in [9.17, 15) is 9.59 Å². The van der Waals surface area contributed by atoms with Gasteiger partial charge in [0.2, 0.25) is 0 Å². The molecule has 0 saturated heterocycles. The third-order valence-corrected chi connectivity index (χ3v) is 19.5. The number of esters is 1. The molecule has 38 heavy (non-hydrogen) atoms. The molecule has 1 spiro atoms. The first kappa shape index (κ1) is 33.4. The largest absolute Gasteiger partial charge is 0.461 e.